The van der Waals surface area contributed by atoms with Crippen molar-refractivity contribution in [2.75, 3.05) is 6.54 Å². The fourth-order valence-corrected chi connectivity index (χ4v) is 5.32. The summed E-state index contributed by atoms with van der Waals surface area (Å²) >= 11 is 0. The molecular formula is C25H33N3O2S. The van der Waals surface area contributed by atoms with Crippen LogP contribution in [0.4, 0.5) is 0 Å². The highest BCUT2D eigenvalue weighted by Gasteiger charge is 2.34. The maximum Gasteiger partial charge on any atom is 0.246 e. The molecule has 0 spiro atoms. The van der Waals surface area contributed by atoms with Gasteiger partial charge in [-0.2, -0.15) is 9.40 Å². The molecular weight excluding hydrogens is 406 g/mol. The van der Waals surface area contributed by atoms with Crippen molar-refractivity contribution < 1.29 is 8.42 Å². The van der Waals surface area contributed by atoms with Crippen LogP contribution in [-0.4, -0.2) is 29.0 Å². The van der Waals surface area contributed by atoms with Crippen molar-refractivity contribution in [3.05, 3.63) is 83.7 Å². The second-order valence-electron chi connectivity index (χ2n) is 8.95. The lowest BCUT2D eigenvalue weighted by atomic mass is 9.92. The van der Waals surface area contributed by atoms with Gasteiger partial charge in [-0.3, -0.25) is 4.68 Å². The molecule has 0 saturated carbocycles. The standard InChI is InChI=1S/C25H33N3O2S/c1-5-6-17-28(19-22-15-11-8-12-16-22)31(29,30)23-20-27(26-24(23)25(2,3)4)18-21-13-9-7-10-14-21/h7-16,20H,5-6,17-19H2,1-4H3. The minimum absolute atomic E-state index is 0.308. The third-order valence-corrected chi connectivity index (χ3v) is 7.05. The first kappa shape index (κ1) is 23.2. The Morgan fingerprint density at radius 3 is 2.06 bits per heavy atom. The molecule has 0 aliphatic heterocycles. The molecule has 3 aromatic rings. The third-order valence-electron chi connectivity index (χ3n) is 5.21. The molecule has 0 amide bonds. The first-order valence-electron chi connectivity index (χ1n) is 10.9. The molecule has 0 radical (unpaired) electrons. The second-order valence-corrected chi connectivity index (χ2v) is 10.9. The second kappa shape index (κ2) is 9.79. The van der Waals surface area contributed by atoms with Gasteiger partial charge in [0.1, 0.15) is 4.90 Å². The van der Waals surface area contributed by atoms with Gasteiger partial charge in [-0.1, -0.05) is 94.8 Å². The van der Waals surface area contributed by atoms with E-state index in [2.05, 4.69) is 6.92 Å². The molecule has 0 unspecified atom stereocenters. The molecule has 0 atom stereocenters. The third kappa shape index (κ3) is 5.83. The van der Waals surface area contributed by atoms with Crippen LogP contribution in [-0.2, 0) is 28.5 Å². The highest BCUT2D eigenvalue weighted by atomic mass is 32.2. The van der Waals surface area contributed by atoms with Crippen molar-refractivity contribution >= 4 is 10.0 Å². The number of sulfonamides is 1. The summed E-state index contributed by atoms with van der Waals surface area (Å²) < 4.78 is 31.1. The molecule has 0 saturated heterocycles. The quantitative estimate of drug-likeness (QED) is 0.459. The van der Waals surface area contributed by atoms with Gasteiger partial charge in [-0.05, 0) is 17.5 Å². The number of unbranched alkanes of at least 4 members (excludes halogenated alkanes) is 1. The first-order valence-corrected chi connectivity index (χ1v) is 12.3. The number of benzene rings is 2. The summed E-state index contributed by atoms with van der Waals surface area (Å²) in [6.45, 7) is 9.48. The number of nitrogens with zero attached hydrogens (tertiary/aromatic N) is 3. The summed E-state index contributed by atoms with van der Waals surface area (Å²) in [5, 5.41) is 4.72. The van der Waals surface area contributed by atoms with Crippen LogP contribution in [0.1, 0.15) is 57.4 Å². The Kier molecular flexibility index (Phi) is 7.34. The summed E-state index contributed by atoms with van der Waals surface area (Å²) in [5.74, 6) is 0. The van der Waals surface area contributed by atoms with Gasteiger partial charge in [0.25, 0.3) is 0 Å². The van der Waals surface area contributed by atoms with Crippen LogP contribution in [0.25, 0.3) is 0 Å². The predicted octanol–water partition coefficient (Wildman–Crippen LogP) is 5.22. The first-order chi connectivity index (χ1) is 14.7. The van der Waals surface area contributed by atoms with E-state index in [1.807, 2.05) is 81.4 Å². The average molecular weight is 440 g/mol. The van der Waals surface area contributed by atoms with E-state index in [0.29, 0.717) is 30.2 Å². The van der Waals surface area contributed by atoms with E-state index in [9.17, 15) is 8.42 Å². The van der Waals surface area contributed by atoms with Gasteiger partial charge in [0.05, 0.1) is 12.2 Å². The molecule has 0 N–H and O–H groups in total. The molecule has 0 aliphatic carbocycles. The van der Waals surface area contributed by atoms with E-state index in [1.165, 1.54) is 0 Å². The van der Waals surface area contributed by atoms with E-state index in [0.717, 1.165) is 24.0 Å². The largest absolute Gasteiger partial charge is 0.267 e. The zero-order chi connectivity index (χ0) is 22.5. The smallest absolute Gasteiger partial charge is 0.246 e. The summed E-state index contributed by atoms with van der Waals surface area (Å²) in [7, 11) is -3.71. The van der Waals surface area contributed by atoms with Crippen LogP contribution in [0.2, 0.25) is 0 Å². The van der Waals surface area contributed by atoms with Crippen LogP contribution < -0.4 is 0 Å². The van der Waals surface area contributed by atoms with Gasteiger partial charge in [0.2, 0.25) is 10.0 Å². The lowest BCUT2D eigenvalue weighted by Crippen LogP contribution is -2.33. The van der Waals surface area contributed by atoms with Gasteiger partial charge in [-0.25, -0.2) is 8.42 Å². The Morgan fingerprint density at radius 2 is 1.52 bits per heavy atom. The van der Waals surface area contributed by atoms with Crippen molar-refractivity contribution in [1.82, 2.24) is 14.1 Å². The maximum atomic E-state index is 13.8. The van der Waals surface area contributed by atoms with Crippen molar-refractivity contribution in [3.8, 4) is 0 Å². The molecule has 6 heteroatoms. The summed E-state index contributed by atoms with van der Waals surface area (Å²) in [5.41, 5.74) is 2.28. The molecule has 0 fully saturated rings. The van der Waals surface area contributed by atoms with Gasteiger partial charge in [0.15, 0.2) is 0 Å². The number of aromatic nitrogens is 2. The Bertz CT molecular complexity index is 1070. The number of hydrogen-bond donors (Lipinski definition) is 0. The van der Waals surface area contributed by atoms with Crippen molar-refractivity contribution in [3.63, 3.8) is 0 Å². The SMILES string of the molecule is CCCCN(Cc1ccccc1)S(=O)(=O)c1cn(Cc2ccccc2)nc1C(C)(C)C. The van der Waals surface area contributed by atoms with Crippen molar-refractivity contribution in [1.29, 1.82) is 0 Å². The highest BCUT2D eigenvalue weighted by molar-refractivity contribution is 7.89. The van der Waals surface area contributed by atoms with E-state index in [-0.39, 0.29) is 0 Å². The van der Waals surface area contributed by atoms with Crippen LogP contribution in [0.5, 0.6) is 0 Å². The average Bonchev–Trinajstić information content (AvgIpc) is 3.18. The van der Waals surface area contributed by atoms with E-state index in [1.54, 1.807) is 15.2 Å². The summed E-state index contributed by atoms with van der Waals surface area (Å²) in [4.78, 5) is 0.308. The zero-order valence-electron chi connectivity index (χ0n) is 19.0. The van der Waals surface area contributed by atoms with Crippen LogP contribution in [0.15, 0.2) is 71.8 Å². The molecule has 0 aliphatic rings. The number of hydrogen-bond acceptors (Lipinski definition) is 3. The van der Waals surface area contributed by atoms with E-state index < -0.39 is 15.4 Å². The molecule has 1 heterocycles. The molecule has 166 valence electrons. The lowest BCUT2D eigenvalue weighted by molar-refractivity contribution is 0.396. The maximum absolute atomic E-state index is 13.8. The number of rotatable bonds is 9. The van der Waals surface area contributed by atoms with Crippen LogP contribution in [0, 0.1) is 0 Å². The monoisotopic (exact) mass is 439 g/mol. The molecule has 31 heavy (non-hydrogen) atoms. The normalized spacial score (nSPS) is 12.4. The predicted molar refractivity (Wildman–Crippen MR) is 125 cm³/mol. The van der Waals surface area contributed by atoms with Crippen LogP contribution >= 0.6 is 0 Å². The molecule has 1 aromatic heterocycles. The van der Waals surface area contributed by atoms with Crippen LogP contribution in [0.3, 0.4) is 0 Å². The Labute approximate surface area is 186 Å². The van der Waals surface area contributed by atoms with Crippen molar-refractivity contribution in [2.45, 2.75) is 63.9 Å². The summed E-state index contributed by atoms with van der Waals surface area (Å²) in [6, 6.07) is 19.7. The fourth-order valence-electron chi connectivity index (χ4n) is 3.51. The topological polar surface area (TPSA) is 55.2 Å². The Hall–Kier alpha value is -2.44. The van der Waals surface area contributed by atoms with Gasteiger partial charge < -0.3 is 0 Å². The van der Waals surface area contributed by atoms with Gasteiger partial charge in [-0.15, -0.1) is 0 Å². The van der Waals surface area contributed by atoms with E-state index >= 15 is 0 Å². The van der Waals surface area contributed by atoms with Gasteiger partial charge >= 0.3 is 0 Å². The minimum Gasteiger partial charge on any atom is -0.267 e. The minimum atomic E-state index is -3.71. The Morgan fingerprint density at radius 1 is 0.935 bits per heavy atom. The molecule has 0 bridgehead atoms. The highest BCUT2D eigenvalue weighted by Crippen LogP contribution is 2.30. The van der Waals surface area contributed by atoms with E-state index in [4.69, 9.17) is 5.10 Å². The molecule has 5 nitrogen and oxygen atoms in total. The Balaban J connectivity index is 2.01. The summed E-state index contributed by atoms with van der Waals surface area (Å²) in [6.07, 6.45) is 3.45. The fraction of sp³-hybridized carbons (Fsp3) is 0.400. The molecule has 3 rings (SSSR count). The zero-order valence-corrected chi connectivity index (χ0v) is 19.8. The van der Waals surface area contributed by atoms with Crippen molar-refractivity contribution in [2.24, 2.45) is 0 Å². The van der Waals surface area contributed by atoms with Gasteiger partial charge in [0, 0.05) is 24.7 Å². The lowest BCUT2D eigenvalue weighted by Gasteiger charge is -2.24. The molecule has 2 aromatic carbocycles.